The third-order valence-corrected chi connectivity index (χ3v) is 3.18. The molecule has 1 aromatic carbocycles. The van der Waals surface area contributed by atoms with Crippen molar-refractivity contribution in [2.75, 3.05) is 6.26 Å². The first kappa shape index (κ1) is 12.9. The largest absolute Gasteiger partial charge is 0.352 e. The molecule has 0 aliphatic carbocycles. The Morgan fingerprint density at radius 3 is 2.31 bits per heavy atom. The summed E-state index contributed by atoms with van der Waals surface area (Å²) in [6, 6.07) is 7.43. The van der Waals surface area contributed by atoms with E-state index in [4.69, 9.17) is 0 Å². The van der Waals surface area contributed by atoms with Crippen LogP contribution in [0.15, 0.2) is 29.2 Å². The van der Waals surface area contributed by atoms with E-state index in [-0.39, 0.29) is 11.8 Å². The number of rotatable bonds is 4. The highest BCUT2D eigenvalue weighted by Gasteiger charge is 2.05. The highest BCUT2D eigenvalue weighted by Crippen LogP contribution is 2.07. The van der Waals surface area contributed by atoms with Gasteiger partial charge in [0.2, 0.25) is 5.91 Å². The van der Waals surface area contributed by atoms with Gasteiger partial charge in [0.05, 0.1) is 0 Å². The lowest BCUT2D eigenvalue weighted by Gasteiger charge is -2.07. The number of benzene rings is 1. The summed E-state index contributed by atoms with van der Waals surface area (Å²) in [4.78, 5) is 12.1. The summed E-state index contributed by atoms with van der Waals surface area (Å²) in [5, 5.41) is 2.83. The van der Waals surface area contributed by atoms with E-state index >= 15 is 0 Å². The molecule has 0 saturated carbocycles. The number of amides is 1. The average Bonchev–Trinajstić information content (AvgIpc) is 2.26. The van der Waals surface area contributed by atoms with Gasteiger partial charge in [-0.25, -0.2) is 0 Å². The summed E-state index contributed by atoms with van der Waals surface area (Å²) in [5.74, 6) is 0.0468. The Kier molecular flexibility index (Phi) is 4.68. The highest BCUT2D eigenvalue weighted by molar-refractivity contribution is 7.84. The molecule has 1 atom stereocenters. The van der Waals surface area contributed by atoms with Crippen LogP contribution in [0.25, 0.3) is 0 Å². The van der Waals surface area contributed by atoms with Gasteiger partial charge in [0, 0.05) is 34.4 Å². The minimum atomic E-state index is -0.945. The summed E-state index contributed by atoms with van der Waals surface area (Å²) in [6.45, 7) is 4.24. The molecule has 0 aliphatic heterocycles. The van der Waals surface area contributed by atoms with Crippen molar-refractivity contribution in [3.63, 3.8) is 0 Å². The topological polar surface area (TPSA) is 46.2 Å². The maximum atomic E-state index is 11.3. The lowest BCUT2D eigenvalue weighted by Crippen LogP contribution is -2.27. The highest BCUT2D eigenvalue weighted by atomic mass is 32.2. The molecule has 0 saturated heterocycles. The predicted octanol–water partition coefficient (Wildman–Crippen LogP) is 1.70. The second-order valence-electron chi connectivity index (χ2n) is 3.97. The van der Waals surface area contributed by atoms with Gasteiger partial charge < -0.3 is 5.32 Å². The normalized spacial score (nSPS) is 12.5. The number of hydrogen-bond donors (Lipinski definition) is 1. The molecule has 0 fully saturated rings. The Hall–Kier alpha value is -1.16. The quantitative estimate of drug-likeness (QED) is 0.869. The van der Waals surface area contributed by atoms with Crippen LogP contribution in [-0.2, 0) is 22.1 Å². The molecule has 1 N–H and O–H groups in total. The minimum absolute atomic E-state index is 0.00224. The van der Waals surface area contributed by atoms with Crippen LogP contribution in [0, 0.1) is 5.92 Å². The fourth-order valence-electron chi connectivity index (χ4n) is 1.19. The summed E-state index contributed by atoms with van der Waals surface area (Å²) >= 11 is 0. The molecule has 4 heteroatoms. The molecule has 0 heterocycles. The first-order chi connectivity index (χ1) is 7.50. The zero-order valence-electron chi connectivity index (χ0n) is 9.82. The first-order valence-corrected chi connectivity index (χ1v) is 6.76. The van der Waals surface area contributed by atoms with Gasteiger partial charge >= 0.3 is 0 Å². The van der Waals surface area contributed by atoms with Gasteiger partial charge in [0.15, 0.2) is 0 Å². The maximum Gasteiger partial charge on any atom is 0.222 e. The molecule has 0 radical (unpaired) electrons. The van der Waals surface area contributed by atoms with Crippen molar-refractivity contribution in [1.29, 1.82) is 0 Å². The van der Waals surface area contributed by atoms with Crippen molar-refractivity contribution in [3.05, 3.63) is 29.8 Å². The number of carbonyl (C=O) groups is 1. The predicted molar refractivity (Wildman–Crippen MR) is 65.5 cm³/mol. The molecule has 16 heavy (non-hydrogen) atoms. The van der Waals surface area contributed by atoms with Crippen LogP contribution in [0.5, 0.6) is 0 Å². The molecule has 1 aromatic rings. The van der Waals surface area contributed by atoms with E-state index < -0.39 is 10.8 Å². The van der Waals surface area contributed by atoms with E-state index in [9.17, 15) is 9.00 Å². The zero-order valence-corrected chi connectivity index (χ0v) is 10.6. The van der Waals surface area contributed by atoms with Crippen molar-refractivity contribution in [2.45, 2.75) is 25.3 Å². The second kappa shape index (κ2) is 5.80. The summed E-state index contributed by atoms with van der Waals surface area (Å²) in [6.07, 6.45) is 1.65. The first-order valence-electron chi connectivity index (χ1n) is 5.21. The SMILES string of the molecule is CC(C)C(=O)NCc1ccc(S(C)=O)cc1. The van der Waals surface area contributed by atoms with Gasteiger partial charge in [0.25, 0.3) is 0 Å². The molecule has 1 rings (SSSR count). The molecule has 1 unspecified atom stereocenters. The molecular weight excluding hydrogens is 222 g/mol. The van der Waals surface area contributed by atoms with Crippen molar-refractivity contribution >= 4 is 16.7 Å². The van der Waals surface area contributed by atoms with Crippen molar-refractivity contribution in [3.8, 4) is 0 Å². The third-order valence-electron chi connectivity index (χ3n) is 2.25. The number of carbonyl (C=O) groups excluding carboxylic acids is 1. The molecule has 0 aliphatic rings. The van der Waals surface area contributed by atoms with Crippen LogP contribution in [0.3, 0.4) is 0 Å². The van der Waals surface area contributed by atoms with Gasteiger partial charge in [-0.15, -0.1) is 0 Å². The molecule has 3 nitrogen and oxygen atoms in total. The molecular formula is C12H17NO2S. The summed E-state index contributed by atoms with van der Waals surface area (Å²) in [5.41, 5.74) is 1.02. The van der Waals surface area contributed by atoms with E-state index in [2.05, 4.69) is 5.32 Å². The molecule has 1 amide bonds. The van der Waals surface area contributed by atoms with Crippen molar-refractivity contribution in [1.82, 2.24) is 5.32 Å². The smallest absolute Gasteiger partial charge is 0.222 e. The number of hydrogen-bond acceptors (Lipinski definition) is 2. The van der Waals surface area contributed by atoms with Crippen LogP contribution in [-0.4, -0.2) is 16.4 Å². The third kappa shape index (κ3) is 3.77. The van der Waals surface area contributed by atoms with Gasteiger partial charge in [-0.1, -0.05) is 26.0 Å². The lowest BCUT2D eigenvalue weighted by molar-refractivity contribution is -0.124. The molecule has 0 aromatic heterocycles. The van der Waals surface area contributed by atoms with Crippen LogP contribution >= 0.6 is 0 Å². The fourth-order valence-corrected chi connectivity index (χ4v) is 1.71. The van der Waals surface area contributed by atoms with Crippen molar-refractivity contribution in [2.24, 2.45) is 5.92 Å². The average molecular weight is 239 g/mol. The van der Waals surface area contributed by atoms with Crippen LogP contribution in [0.1, 0.15) is 19.4 Å². The van der Waals surface area contributed by atoms with E-state index in [1.54, 1.807) is 6.26 Å². The Bertz CT molecular complexity index is 385. The minimum Gasteiger partial charge on any atom is -0.352 e. The van der Waals surface area contributed by atoms with Gasteiger partial charge in [-0.05, 0) is 17.7 Å². The fraction of sp³-hybridized carbons (Fsp3) is 0.417. The van der Waals surface area contributed by atoms with Crippen molar-refractivity contribution < 1.29 is 9.00 Å². The van der Waals surface area contributed by atoms with E-state index in [1.807, 2.05) is 38.1 Å². The van der Waals surface area contributed by atoms with E-state index in [1.165, 1.54) is 0 Å². The molecule has 0 bridgehead atoms. The second-order valence-corrected chi connectivity index (χ2v) is 5.35. The maximum absolute atomic E-state index is 11.3. The summed E-state index contributed by atoms with van der Waals surface area (Å²) < 4.78 is 11.2. The van der Waals surface area contributed by atoms with Gasteiger partial charge in [0.1, 0.15) is 0 Å². The standard InChI is InChI=1S/C12H17NO2S/c1-9(2)12(14)13-8-10-4-6-11(7-5-10)16(3)15/h4-7,9H,8H2,1-3H3,(H,13,14). The Morgan fingerprint density at radius 1 is 1.31 bits per heavy atom. The monoisotopic (exact) mass is 239 g/mol. The van der Waals surface area contributed by atoms with E-state index in [0.717, 1.165) is 10.5 Å². The van der Waals surface area contributed by atoms with E-state index in [0.29, 0.717) is 6.54 Å². The lowest BCUT2D eigenvalue weighted by atomic mass is 10.2. The Labute approximate surface area is 98.7 Å². The molecule has 88 valence electrons. The molecule has 0 spiro atoms. The van der Waals surface area contributed by atoms with Crippen LogP contribution in [0.2, 0.25) is 0 Å². The summed E-state index contributed by atoms with van der Waals surface area (Å²) in [7, 11) is -0.945. The zero-order chi connectivity index (χ0) is 12.1. The Balaban J connectivity index is 2.56. The van der Waals surface area contributed by atoms with Gasteiger partial charge in [-0.2, -0.15) is 0 Å². The van der Waals surface area contributed by atoms with Crippen LogP contribution in [0.4, 0.5) is 0 Å². The number of nitrogens with one attached hydrogen (secondary N) is 1. The Morgan fingerprint density at radius 2 is 1.88 bits per heavy atom. The van der Waals surface area contributed by atoms with Crippen LogP contribution < -0.4 is 5.32 Å². The van der Waals surface area contributed by atoms with Gasteiger partial charge in [-0.3, -0.25) is 9.00 Å².